The van der Waals surface area contributed by atoms with Crippen molar-refractivity contribution in [1.29, 1.82) is 0 Å². The molecule has 0 aliphatic carbocycles. The summed E-state index contributed by atoms with van der Waals surface area (Å²) >= 11 is 0. The minimum Gasteiger partial charge on any atom is -0.497 e. The van der Waals surface area contributed by atoms with Gasteiger partial charge in [-0.2, -0.15) is 0 Å². The Morgan fingerprint density at radius 3 is 1.77 bits per heavy atom. The van der Waals surface area contributed by atoms with Crippen LogP contribution >= 0.6 is 0 Å². The van der Waals surface area contributed by atoms with Crippen LogP contribution in [0.5, 0.6) is 5.75 Å². The minimum absolute atomic E-state index is 0.0828. The van der Waals surface area contributed by atoms with Gasteiger partial charge in [-0.15, -0.1) is 0 Å². The van der Waals surface area contributed by atoms with E-state index in [2.05, 4.69) is 0 Å². The van der Waals surface area contributed by atoms with Gasteiger partial charge in [0.15, 0.2) is 0 Å². The van der Waals surface area contributed by atoms with Crippen LogP contribution in [0.4, 0.5) is 13.2 Å². The highest BCUT2D eigenvalue weighted by Gasteiger charge is 2.23. The van der Waals surface area contributed by atoms with E-state index in [9.17, 15) is 0 Å². The van der Waals surface area contributed by atoms with Crippen LogP contribution in [0, 0.1) is 17.5 Å². The van der Waals surface area contributed by atoms with Gasteiger partial charge in [-0.1, -0.05) is 66.7 Å². The Morgan fingerprint density at radius 1 is 0.548 bits per heavy atom. The van der Waals surface area contributed by atoms with Crippen molar-refractivity contribution in [3.05, 3.63) is 102 Å². The van der Waals surface area contributed by atoms with Gasteiger partial charge in [0, 0.05) is 28.6 Å². The average molecular weight is 414 g/mol. The van der Waals surface area contributed by atoms with Gasteiger partial charge in [0.1, 0.15) is 23.2 Å². The first-order chi connectivity index (χ1) is 15.1. The molecule has 0 radical (unpaired) electrons. The van der Waals surface area contributed by atoms with Crippen LogP contribution in [0.25, 0.3) is 43.8 Å². The molecule has 4 heteroatoms. The fraction of sp³-hybridized carbons (Fsp3) is 0.0370. The van der Waals surface area contributed by atoms with Gasteiger partial charge in [-0.05, 0) is 27.8 Å². The second kappa shape index (κ2) is 7.47. The molecule has 0 saturated heterocycles. The molecule has 0 N–H and O–H groups in total. The molecule has 0 heterocycles. The third-order valence-electron chi connectivity index (χ3n) is 5.56. The summed E-state index contributed by atoms with van der Waals surface area (Å²) in [5.74, 6) is -1.89. The molecule has 5 rings (SSSR count). The van der Waals surface area contributed by atoms with E-state index in [4.69, 9.17) is 4.74 Å². The summed E-state index contributed by atoms with van der Waals surface area (Å²) in [6, 6.07) is 23.7. The SMILES string of the molecule is COc1cc(F)c(-c2c3ccccc3c(-c3ccccc3)c3c(F)cccc23)c(F)c1. The highest BCUT2D eigenvalue weighted by Crippen LogP contribution is 2.45. The van der Waals surface area contributed by atoms with Gasteiger partial charge in [0.2, 0.25) is 0 Å². The largest absolute Gasteiger partial charge is 0.497 e. The lowest BCUT2D eigenvalue weighted by atomic mass is 9.85. The monoisotopic (exact) mass is 414 g/mol. The van der Waals surface area contributed by atoms with Gasteiger partial charge in [0.05, 0.1) is 12.7 Å². The molecule has 0 aromatic heterocycles. The summed E-state index contributed by atoms with van der Waals surface area (Å²) in [4.78, 5) is 0. The zero-order chi connectivity index (χ0) is 21.5. The number of ether oxygens (including phenoxy) is 1. The van der Waals surface area contributed by atoms with Gasteiger partial charge >= 0.3 is 0 Å². The van der Waals surface area contributed by atoms with E-state index in [0.717, 1.165) is 23.1 Å². The molecule has 0 bridgehead atoms. The average Bonchev–Trinajstić information content (AvgIpc) is 2.79. The van der Waals surface area contributed by atoms with E-state index >= 15 is 13.2 Å². The smallest absolute Gasteiger partial charge is 0.137 e. The molecule has 5 aromatic carbocycles. The molecule has 31 heavy (non-hydrogen) atoms. The number of rotatable bonds is 3. The lowest BCUT2D eigenvalue weighted by molar-refractivity contribution is 0.407. The van der Waals surface area contributed by atoms with Crippen LogP contribution < -0.4 is 4.74 Å². The quantitative estimate of drug-likeness (QED) is 0.274. The number of fused-ring (bicyclic) bond motifs is 2. The lowest BCUT2D eigenvalue weighted by Crippen LogP contribution is -1.97. The van der Waals surface area contributed by atoms with Crippen LogP contribution in [0.2, 0.25) is 0 Å². The van der Waals surface area contributed by atoms with E-state index in [1.165, 1.54) is 13.2 Å². The zero-order valence-electron chi connectivity index (χ0n) is 16.6. The standard InChI is InChI=1S/C27H17F3O/c1-31-17-14-22(29)27(23(30)15-17)25-19-11-6-5-10-18(19)24(16-8-3-2-4-9-16)26-20(25)12-7-13-21(26)28/h2-15H,1H3. The van der Waals surface area contributed by atoms with Crippen LogP contribution in [-0.2, 0) is 0 Å². The first-order valence-corrected chi connectivity index (χ1v) is 9.82. The van der Waals surface area contributed by atoms with Crippen molar-refractivity contribution in [2.24, 2.45) is 0 Å². The summed E-state index contributed by atoms with van der Waals surface area (Å²) in [6.07, 6.45) is 0. The van der Waals surface area contributed by atoms with Crippen molar-refractivity contribution < 1.29 is 17.9 Å². The minimum atomic E-state index is -0.764. The zero-order valence-corrected chi connectivity index (χ0v) is 16.6. The highest BCUT2D eigenvalue weighted by atomic mass is 19.1. The normalized spacial score (nSPS) is 11.2. The van der Waals surface area contributed by atoms with Crippen molar-refractivity contribution in [2.75, 3.05) is 7.11 Å². The maximum atomic E-state index is 15.3. The van der Waals surface area contributed by atoms with E-state index < -0.39 is 17.5 Å². The highest BCUT2D eigenvalue weighted by molar-refractivity contribution is 6.21. The third-order valence-corrected chi connectivity index (χ3v) is 5.56. The second-order valence-corrected chi connectivity index (χ2v) is 7.29. The number of halogens is 3. The summed E-state index contributed by atoms with van der Waals surface area (Å²) in [5.41, 5.74) is 1.65. The first kappa shape index (κ1) is 19.2. The first-order valence-electron chi connectivity index (χ1n) is 9.82. The summed E-state index contributed by atoms with van der Waals surface area (Å²) in [5, 5.41) is 2.14. The molecule has 0 saturated carbocycles. The molecular formula is C27H17F3O. The fourth-order valence-electron chi connectivity index (χ4n) is 4.27. The van der Waals surface area contributed by atoms with Gasteiger partial charge in [0.25, 0.3) is 0 Å². The van der Waals surface area contributed by atoms with Crippen molar-refractivity contribution in [3.8, 4) is 28.0 Å². The van der Waals surface area contributed by atoms with Crippen LogP contribution in [-0.4, -0.2) is 7.11 Å². The maximum Gasteiger partial charge on any atom is 0.137 e. The Balaban J connectivity index is 2.03. The van der Waals surface area contributed by atoms with E-state index in [1.807, 2.05) is 54.6 Å². The molecule has 0 fully saturated rings. The molecule has 152 valence electrons. The number of hydrogen-bond donors (Lipinski definition) is 0. The predicted octanol–water partition coefficient (Wildman–Crippen LogP) is 7.75. The fourth-order valence-corrected chi connectivity index (χ4v) is 4.27. The molecule has 0 aliphatic rings. The summed E-state index contributed by atoms with van der Waals surface area (Å²) in [6.45, 7) is 0. The Kier molecular flexibility index (Phi) is 4.63. The van der Waals surface area contributed by atoms with Crippen molar-refractivity contribution in [2.45, 2.75) is 0 Å². The van der Waals surface area contributed by atoms with Crippen LogP contribution in [0.1, 0.15) is 0 Å². The molecule has 0 unspecified atom stereocenters. The number of benzene rings is 5. The van der Waals surface area contributed by atoms with E-state index in [0.29, 0.717) is 27.3 Å². The van der Waals surface area contributed by atoms with Gasteiger partial charge in [-0.25, -0.2) is 13.2 Å². The molecule has 0 aliphatic heterocycles. The Labute approximate surface area is 177 Å². The molecule has 0 spiro atoms. The molecule has 5 aromatic rings. The Bertz CT molecular complexity index is 1420. The van der Waals surface area contributed by atoms with Crippen LogP contribution in [0.15, 0.2) is 84.9 Å². The predicted molar refractivity (Wildman–Crippen MR) is 119 cm³/mol. The Morgan fingerprint density at radius 2 is 1.13 bits per heavy atom. The van der Waals surface area contributed by atoms with E-state index in [1.54, 1.807) is 12.1 Å². The molecule has 0 atom stereocenters. The summed E-state index contributed by atoms with van der Waals surface area (Å²) < 4.78 is 50.6. The number of hydrogen-bond acceptors (Lipinski definition) is 1. The van der Waals surface area contributed by atoms with Crippen molar-refractivity contribution >= 4 is 21.5 Å². The topological polar surface area (TPSA) is 9.23 Å². The van der Waals surface area contributed by atoms with Gasteiger partial charge < -0.3 is 4.74 Å². The number of methoxy groups -OCH3 is 1. The second-order valence-electron chi connectivity index (χ2n) is 7.29. The molecular weight excluding hydrogens is 397 g/mol. The lowest BCUT2D eigenvalue weighted by Gasteiger charge is -2.19. The van der Waals surface area contributed by atoms with Crippen molar-refractivity contribution in [3.63, 3.8) is 0 Å². The maximum absolute atomic E-state index is 15.3. The molecule has 1 nitrogen and oxygen atoms in total. The van der Waals surface area contributed by atoms with E-state index in [-0.39, 0.29) is 11.3 Å². The van der Waals surface area contributed by atoms with Crippen LogP contribution in [0.3, 0.4) is 0 Å². The third kappa shape index (κ3) is 3.03. The molecule has 0 amide bonds. The summed E-state index contributed by atoms with van der Waals surface area (Å²) in [7, 11) is 1.35. The van der Waals surface area contributed by atoms with Crippen molar-refractivity contribution in [1.82, 2.24) is 0 Å². The Hall–Kier alpha value is -3.79. The van der Waals surface area contributed by atoms with Gasteiger partial charge in [-0.3, -0.25) is 0 Å².